The number of benzene rings is 8. The molecule has 4 aliphatic carbocycles. The normalized spacial score (nSPS) is 19.4. The summed E-state index contributed by atoms with van der Waals surface area (Å²) in [5.74, 6) is 4.03. The molecule has 0 amide bonds. The van der Waals surface area contributed by atoms with E-state index in [2.05, 4.69) is 231 Å². The van der Waals surface area contributed by atoms with Crippen LogP contribution >= 0.6 is 17.1 Å². The van der Waals surface area contributed by atoms with Crippen LogP contribution in [0.2, 0.25) is 0 Å². The Labute approximate surface area is 440 Å². The van der Waals surface area contributed by atoms with Crippen LogP contribution in [0, 0.1) is 0 Å². The third-order valence-corrected chi connectivity index (χ3v) is 21.0. The minimum atomic E-state index is -1.46. The molecule has 6 aliphatic rings. The van der Waals surface area contributed by atoms with Gasteiger partial charge in [0, 0.05) is 57.3 Å². The Kier molecular flexibility index (Phi) is 12.5. The van der Waals surface area contributed by atoms with E-state index in [4.69, 9.17) is 18.1 Å². The molecule has 0 fully saturated rings. The summed E-state index contributed by atoms with van der Waals surface area (Å²) in [4.78, 5) is 0. The highest BCUT2D eigenvalue weighted by atomic mass is 31.2. The first-order valence-electron chi connectivity index (χ1n) is 26.9. The molecule has 14 rings (SSSR count). The summed E-state index contributed by atoms with van der Waals surface area (Å²) < 4.78 is 33.1. The maximum atomic E-state index is 7.05. The van der Waals surface area contributed by atoms with Crippen molar-refractivity contribution in [1.82, 2.24) is 9.34 Å². The molecule has 372 valence electrons. The van der Waals surface area contributed by atoms with Gasteiger partial charge in [0.15, 0.2) is 0 Å². The molecule has 0 unspecified atom stereocenters. The van der Waals surface area contributed by atoms with Gasteiger partial charge in [0.25, 0.3) is 0 Å². The van der Waals surface area contributed by atoms with Gasteiger partial charge in [-0.2, -0.15) is 0 Å². The van der Waals surface area contributed by atoms with Crippen LogP contribution in [0.4, 0.5) is 0 Å². The van der Waals surface area contributed by atoms with Crippen molar-refractivity contribution in [2.24, 2.45) is 0 Å². The molecule has 0 aromatic heterocycles. The first-order chi connectivity index (χ1) is 36.3. The first-order valence-corrected chi connectivity index (χ1v) is 29.2. The number of hydrogen-bond acceptors (Lipinski definition) is 6. The fourth-order valence-corrected chi connectivity index (χ4v) is 17.2. The van der Waals surface area contributed by atoms with Crippen molar-refractivity contribution in [2.75, 3.05) is 0 Å². The van der Waals surface area contributed by atoms with E-state index in [0.717, 1.165) is 74.4 Å². The van der Waals surface area contributed by atoms with Crippen LogP contribution in [0.25, 0.3) is 0 Å². The summed E-state index contributed by atoms with van der Waals surface area (Å²) in [6.07, 6.45) is 8.95. The highest BCUT2D eigenvalue weighted by molar-refractivity contribution is 7.45. The molecule has 2 spiro atoms. The van der Waals surface area contributed by atoms with Gasteiger partial charge in [-0.1, -0.05) is 170 Å². The lowest BCUT2D eigenvalue weighted by Crippen LogP contribution is -2.31. The molecule has 2 aliphatic heterocycles. The summed E-state index contributed by atoms with van der Waals surface area (Å²) in [6.45, 7) is 9.10. The molecule has 2 heterocycles. The Bertz CT molecular complexity index is 2880. The zero-order valence-electron chi connectivity index (χ0n) is 42.9. The van der Waals surface area contributed by atoms with Crippen molar-refractivity contribution in [3.63, 3.8) is 0 Å². The highest BCUT2D eigenvalue weighted by Gasteiger charge is 2.53. The molecular weight excluding hydrogens is 947 g/mol. The Morgan fingerprint density at radius 3 is 0.770 bits per heavy atom. The molecule has 0 N–H and O–H groups in total. The van der Waals surface area contributed by atoms with E-state index in [1.807, 2.05) is 0 Å². The minimum Gasteiger partial charge on any atom is -0.427 e. The van der Waals surface area contributed by atoms with E-state index in [0.29, 0.717) is 0 Å². The zero-order valence-corrected chi connectivity index (χ0v) is 44.7. The standard InChI is InChI=1S/2C33H32NO2P/c2*1-23(25-11-5-3-6-12-25)34(24(2)26-13-7-4-8-14-26)37-35-29-17-9-15-27-19-21-33(31(27)29)22-20-28-16-10-18-30(36-37)32(28)33/h2*3-18,23-24H,19-22H2,1-2H3/t2*23-,24-,33?/m11/s1. The van der Waals surface area contributed by atoms with Crippen molar-refractivity contribution in [3.05, 3.63) is 261 Å². The lowest BCUT2D eigenvalue weighted by atomic mass is 9.76. The van der Waals surface area contributed by atoms with Gasteiger partial charge in [0.2, 0.25) is 0 Å². The SMILES string of the molecule is C[C@H](c1ccccc1)N([C@H](C)c1ccccc1)P1Oc2cccc3c2C2(CC3)CCc3cccc(c32)O1.C[C@H](c1ccccc1)N([C@H](C)c1ccccc1)P1Oc2cccc3c2C2(CC3)CCc3cccc(c32)O1. The lowest BCUT2D eigenvalue weighted by Gasteiger charge is -2.41. The van der Waals surface area contributed by atoms with Gasteiger partial charge in [-0.05, 0) is 148 Å². The quantitative estimate of drug-likeness (QED) is 0.127. The van der Waals surface area contributed by atoms with Crippen LogP contribution in [0.3, 0.4) is 0 Å². The van der Waals surface area contributed by atoms with E-state index in [9.17, 15) is 0 Å². The Balaban J connectivity index is 0.000000143. The monoisotopic (exact) mass is 1010 g/mol. The fraction of sp³-hybridized carbons (Fsp3) is 0.273. The molecule has 8 aromatic carbocycles. The van der Waals surface area contributed by atoms with E-state index < -0.39 is 17.1 Å². The van der Waals surface area contributed by atoms with Crippen molar-refractivity contribution >= 4 is 17.1 Å². The summed E-state index contributed by atoms with van der Waals surface area (Å²) in [7, 11) is -2.91. The van der Waals surface area contributed by atoms with E-state index in [-0.39, 0.29) is 35.0 Å². The molecule has 0 saturated heterocycles. The molecule has 74 heavy (non-hydrogen) atoms. The minimum absolute atomic E-state index is 0.0141. The average molecular weight is 1010 g/mol. The lowest BCUT2D eigenvalue weighted by molar-refractivity contribution is 0.243. The van der Waals surface area contributed by atoms with Crippen LogP contribution in [0.15, 0.2) is 194 Å². The van der Waals surface area contributed by atoms with Crippen LogP contribution < -0.4 is 18.1 Å². The second-order valence-electron chi connectivity index (χ2n) is 21.3. The number of aryl methyl sites for hydroxylation is 4. The topological polar surface area (TPSA) is 43.4 Å². The molecule has 4 atom stereocenters. The molecule has 8 heteroatoms. The van der Waals surface area contributed by atoms with Gasteiger partial charge < -0.3 is 18.1 Å². The molecule has 6 nitrogen and oxygen atoms in total. The molecule has 0 bridgehead atoms. The Morgan fingerprint density at radius 1 is 0.311 bits per heavy atom. The predicted octanol–water partition coefficient (Wildman–Crippen LogP) is 17.4. The van der Waals surface area contributed by atoms with Crippen molar-refractivity contribution in [1.29, 1.82) is 0 Å². The third-order valence-electron chi connectivity index (χ3n) is 17.4. The highest BCUT2D eigenvalue weighted by Crippen LogP contribution is 2.66. The Morgan fingerprint density at radius 2 is 0.541 bits per heavy atom. The molecular formula is C66H64N2O4P2. The molecule has 8 aromatic rings. The second kappa shape index (κ2) is 19.5. The van der Waals surface area contributed by atoms with Crippen LogP contribution in [-0.2, 0) is 36.5 Å². The Hall–Kier alpha value is -6.26. The maximum Gasteiger partial charge on any atom is 0.385 e. The summed E-state index contributed by atoms with van der Waals surface area (Å²) >= 11 is 0. The third kappa shape index (κ3) is 7.99. The van der Waals surface area contributed by atoms with Gasteiger partial charge in [0.05, 0.1) is 0 Å². The second-order valence-corrected chi connectivity index (χ2v) is 23.9. The van der Waals surface area contributed by atoms with Crippen LogP contribution in [0.5, 0.6) is 23.0 Å². The van der Waals surface area contributed by atoms with Crippen molar-refractivity contribution in [3.8, 4) is 23.0 Å². The van der Waals surface area contributed by atoms with Gasteiger partial charge in [-0.25, -0.2) is 9.34 Å². The molecule has 0 saturated carbocycles. The summed E-state index contributed by atoms with van der Waals surface area (Å²) in [5, 5.41) is 0. The summed E-state index contributed by atoms with van der Waals surface area (Å²) in [5.41, 5.74) is 16.5. The maximum absolute atomic E-state index is 7.05. The number of nitrogens with zero attached hydrogens (tertiary/aromatic N) is 2. The summed E-state index contributed by atoms with van der Waals surface area (Å²) in [6, 6.07) is 69.9. The van der Waals surface area contributed by atoms with Crippen LogP contribution in [-0.4, -0.2) is 9.34 Å². The largest absolute Gasteiger partial charge is 0.427 e. The fourth-order valence-electron chi connectivity index (χ4n) is 13.8. The first kappa shape index (κ1) is 47.5. The average Bonchev–Trinajstić information content (AvgIpc) is 4.23. The van der Waals surface area contributed by atoms with Crippen molar-refractivity contribution < 1.29 is 18.1 Å². The predicted molar refractivity (Wildman–Crippen MR) is 300 cm³/mol. The smallest absolute Gasteiger partial charge is 0.385 e. The van der Waals surface area contributed by atoms with Crippen molar-refractivity contribution in [2.45, 2.75) is 114 Å². The van der Waals surface area contributed by atoms with E-state index in [1.165, 1.54) is 66.8 Å². The number of rotatable bonds is 10. The van der Waals surface area contributed by atoms with Gasteiger partial charge in [-0.3, -0.25) is 0 Å². The van der Waals surface area contributed by atoms with Crippen LogP contribution in [0.1, 0.15) is 144 Å². The number of hydrogen-bond donors (Lipinski definition) is 0. The van der Waals surface area contributed by atoms with Gasteiger partial charge >= 0.3 is 17.1 Å². The van der Waals surface area contributed by atoms with E-state index in [1.54, 1.807) is 0 Å². The van der Waals surface area contributed by atoms with E-state index >= 15 is 0 Å². The van der Waals surface area contributed by atoms with Gasteiger partial charge in [0.1, 0.15) is 23.0 Å². The van der Waals surface area contributed by atoms with Gasteiger partial charge in [-0.15, -0.1) is 0 Å². The molecule has 0 radical (unpaired) electrons. The zero-order chi connectivity index (χ0) is 50.0.